The molecule has 1 fully saturated rings. The third-order valence-electron chi connectivity index (χ3n) is 2.61. The summed E-state index contributed by atoms with van der Waals surface area (Å²) in [7, 11) is 0. The molecule has 0 bridgehead atoms. The van der Waals surface area contributed by atoms with Gasteiger partial charge in [-0.1, -0.05) is 20.8 Å². The molecule has 1 aromatic rings. The fourth-order valence-corrected chi connectivity index (χ4v) is 1.60. The number of nitrogens with zero attached hydrogens (tertiary/aromatic N) is 1. The van der Waals surface area contributed by atoms with E-state index in [9.17, 15) is 5.11 Å². The molecule has 3 heteroatoms. The molecule has 0 amide bonds. The van der Waals surface area contributed by atoms with Crippen LogP contribution in [0.15, 0.2) is 6.20 Å². The van der Waals surface area contributed by atoms with E-state index in [1.54, 1.807) is 6.20 Å². The van der Waals surface area contributed by atoms with Crippen molar-refractivity contribution < 1.29 is 5.11 Å². The van der Waals surface area contributed by atoms with Gasteiger partial charge in [0.05, 0.1) is 11.8 Å². The first-order valence-corrected chi connectivity index (χ1v) is 4.70. The Balaban J connectivity index is 2.42. The highest BCUT2D eigenvalue weighted by atomic mass is 16.3. The van der Waals surface area contributed by atoms with E-state index < -0.39 is 5.60 Å². The van der Waals surface area contributed by atoms with E-state index in [2.05, 4.69) is 31.0 Å². The Hall–Kier alpha value is -0.830. The van der Waals surface area contributed by atoms with Crippen LogP contribution in [-0.4, -0.2) is 15.3 Å². The van der Waals surface area contributed by atoms with E-state index in [1.807, 2.05) is 0 Å². The fourth-order valence-electron chi connectivity index (χ4n) is 1.60. The maximum atomic E-state index is 9.97. The smallest absolute Gasteiger partial charge is 0.0932 e. The number of aliphatic hydroxyl groups is 1. The molecule has 13 heavy (non-hydrogen) atoms. The highest BCUT2D eigenvalue weighted by Crippen LogP contribution is 2.47. The lowest BCUT2D eigenvalue weighted by atomic mass is 9.87. The number of nitrogens with one attached hydrogen (secondary N) is 1. The van der Waals surface area contributed by atoms with Gasteiger partial charge >= 0.3 is 0 Å². The van der Waals surface area contributed by atoms with Crippen LogP contribution >= 0.6 is 0 Å². The van der Waals surface area contributed by atoms with Crippen LogP contribution in [0, 0.1) is 0 Å². The summed E-state index contributed by atoms with van der Waals surface area (Å²) in [4.78, 5) is 0. The average molecular weight is 180 g/mol. The lowest BCUT2D eigenvalue weighted by Gasteiger charge is -2.20. The normalized spacial score (nSPS) is 20.3. The van der Waals surface area contributed by atoms with Gasteiger partial charge in [0, 0.05) is 16.7 Å². The van der Waals surface area contributed by atoms with Gasteiger partial charge < -0.3 is 5.11 Å². The number of hydrogen-bond donors (Lipinski definition) is 2. The Labute approximate surface area is 78.2 Å². The van der Waals surface area contributed by atoms with E-state index in [0.29, 0.717) is 0 Å². The van der Waals surface area contributed by atoms with Gasteiger partial charge in [-0.25, -0.2) is 0 Å². The zero-order valence-corrected chi connectivity index (χ0v) is 8.39. The lowest BCUT2D eigenvalue weighted by Crippen LogP contribution is -2.18. The Morgan fingerprint density at radius 3 is 2.54 bits per heavy atom. The molecule has 0 spiro atoms. The molecule has 1 saturated carbocycles. The second-order valence-corrected chi connectivity index (χ2v) is 4.94. The van der Waals surface area contributed by atoms with Gasteiger partial charge in [-0.3, -0.25) is 5.10 Å². The highest BCUT2D eigenvalue weighted by Gasteiger charge is 2.45. The molecule has 0 unspecified atom stereocenters. The van der Waals surface area contributed by atoms with E-state index in [4.69, 9.17) is 0 Å². The first-order valence-electron chi connectivity index (χ1n) is 4.70. The molecule has 1 aromatic heterocycles. The zero-order chi connectivity index (χ0) is 9.69. The van der Waals surface area contributed by atoms with Gasteiger partial charge in [-0.05, 0) is 12.8 Å². The molecule has 0 saturated heterocycles. The highest BCUT2D eigenvalue weighted by molar-refractivity contribution is 5.33. The second kappa shape index (κ2) is 2.35. The maximum Gasteiger partial charge on any atom is 0.0932 e. The van der Waals surface area contributed by atoms with E-state index in [0.717, 1.165) is 24.1 Å². The second-order valence-electron chi connectivity index (χ2n) is 4.94. The minimum absolute atomic E-state index is 0.0319. The van der Waals surface area contributed by atoms with Crippen LogP contribution in [0.3, 0.4) is 0 Å². The van der Waals surface area contributed by atoms with Crippen molar-refractivity contribution in [1.82, 2.24) is 10.2 Å². The van der Waals surface area contributed by atoms with E-state index >= 15 is 0 Å². The standard InChI is InChI=1S/C10H16N2O/c1-9(2,3)8-7(6-11-12-8)10(13)4-5-10/h6,13H,4-5H2,1-3H3,(H,11,12). The van der Waals surface area contributed by atoms with Crippen LogP contribution in [0.2, 0.25) is 0 Å². The molecule has 2 rings (SSSR count). The Bertz CT molecular complexity index is 298. The van der Waals surface area contributed by atoms with Crippen molar-refractivity contribution in [3.8, 4) is 0 Å². The van der Waals surface area contributed by atoms with Gasteiger partial charge in [0.2, 0.25) is 0 Å². The molecular formula is C10H16N2O. The summed E-state index contributed by atoms with van der Waals surface area (Å²) < 4.78 is 0. The van der Waals surface area contributed by atoms with Gasteiger partial charge in [0.25, 0.3) is 0 Å². The molecule has 0 aromatic carbocycles. The van der Waals surface area contributed by atoms with E-state index in [1.165, 1.54) is 0 Å². The fraction of sp³-hybridized carbons (Fsp3) is 0.700. The van der Waals surface area contributed by atoms with Gasteiger partial charge in [-0.15, -0.1) is 0 Å². The average Bonchev–Trinajstić information content (AvgIpc) is 2.60. The first kappa shape index (κ1) is 8.75. The van der Waals surface area contributed by atoms with Crippen molar-refractivity contribution in [2.45, 2.75) is 44.6 Å². The molecule has 1 heterocycles. The monoisotopic (exact) mass is 180 g/mol. The third-order valence-corrected chi connectivity index (χ3v) is 2.61. The van der Waals surface area contributed by atoms with Crippen molar-refractivity contribution in [1.29, 1.82) is 0 Å². The van der Waals surface area contributed by atoms with E-state index in [-0.39, 0.29) is 5.41 Å². The van der Waals surface area contributed by atoms with Gasteiger partial charge in [-0.2, -0.15) is 5.10 Å². The zero-order valence-electron chi connectivity index (χ0n) is 8.39. The number of rotatable bonds is 1. The Morgan fingerprint density at radius 1 is 1.46 bits per heavy atom. The SMILES string of the molecule is CC(C)(C)c1[nH]ncc1C1(O)CC1. The molecule has 1 aliphatic carbocycles. The number of aromatic amines is 1. The quantitative estimate of drug-likeness (QED) is 0.691. The largest absolute Gasteiger partial charge is 0.385 e. The van der Waals surface area contributed by atoms with Gasteiger partial charge in [0.1, 0.15) is 0 Å². The number of H-pyrrole nitrogens is 1. The Kier molecular flexibility index (Phi) is 1.58. The van der Waals surface area contributed by atoms with Crippen LogP contribution in [0.4, 0.5) is 0 Å². The molecule has 0 aliphatic heterocycles. The summed E-state index contributed by atoms with van der Waals surface area (Å²) in [5, 5.41) is 17.0. The summed E-state index contributed by atoms with van der Waals surface area (Å²) in [6.07, 6.45) is 3.50. The molecule has 1 aliphatic rings. The van der Waals surface area contributed by atoms with Crippen molar-refractivity contribution in [2.24, 2.45) is 0 Å². The lowest BCUT2D eigenvalue weighted by molar-refractivity contribution is 0.149. The molecule has 2 N–H and O–H groups in total. The summed E-state index contributed by atoms with van der Waals surface area (Å²) in [5.74, 6) is 0. The van der Waals surface area contributed by atoms with Crippen LogP contribution in [0.5, 0.6) is 0 Å². The first-order chi connectivity index (χ1) is 5.93. The predicted octanol–water partition coefficient (Wildman–Crippen LogP) is 1.69. The Morgan fingerprint density at radius 2 is 2.08 bits per heavy atom. The summed E-state index contributed by atoms with van der Waals surface area (Å²) in [5.41, 5.74) is 1.51. The predicted molar refractivity (Wildman–Crippen MR) is 50.4 cm³/mol. The minimum atomic E-state index is -0.574. The summed E-state index contributed by atoms with van der Waals surface area (Å²) in [6, 6.07) is 0. The number of hydrogen-bond acceptors (Lipinski definition) is 2. The van der Waals surface area contributed by atoms with Gasteiger partial charge in [0.15, 0.2) is 0 Å². The third kappa shape index (κ3) is 1.37. The van der Waals surface area contributed by atoms with Crippen molar-refractivity contribution in [2.75, 3.05) is 0 Å². The summed E-state index contributed by atoms with van der Waals surface area (Å²) in [6.45, 7) is 6.36. The summed E-state index contributed by atoms with van der Waals surface area (Å²) >= 11 is 0. The number of aromatic nitrogens is 2. The van der Waals surface area contributed by atoms with Crippen LogP contribution in [0.25, 0.3) is 0 Å². The van der Waals surface area contributed by atoms with Crippen LogP contribution in [0.1, 0.15) is 44.9 Å². The molecule has 3 nitrogen and oxygen atoms in total. The van der Waals surface area contributed by atoms with Crippen molar-refractivity contribution in [3.05, 3.63) is 17.5 Å². The maximum absolute atomic E-state index is 9.97. The van der Waals surface area contributed by atoms with Crippen molar-refractivity contribution in [3.63, 3.8) is 0 Å². The molecular weight excluding hydrogens is 164 g/mol. The minimum Gasteiger partial charge on any atom is -0.385 e. The van der Waals surface area contributed by atoms with Crippen molar-refractivity contribution >= 4 is 0 Å². The molecule has 72 valence electrons. The van der Waals surface area contributed by atoms with Crippen LogP contribution in [-0.2, 0) is 11.0 Å². The molecule has 0 radical (unpaired) electrons. The molecule has 0 atom stereocenters. The topological polar surface area (TPSA) is 48.9 Å². The van der Waals surface area contributed by atoms with Crippen LogP contribution < -0.4 is 0 Å².